The standard InChI is InChI=1S/C60H42N6/c1-37-28-43(64-55-13-7-4-10-49(55)52-34-61-25-22-58(52)64)16-19-46(37)40-31-41(47-20-17-44(29-38(47)2)65-56-14-8-5-11-50(56)53-35-62-26-23-59(53)65)33-42(32-40)48-21-18-45(30-39(48)3)66-57-15-9-6-12-51(57)54-36-63-27-24-60(54)66/h4-36H,1-3H3. The molecule has 66 heavy (non-hydrogen) atoms. The van der Waals surface area contributed by atoms with Crippen molar-refractivity contribution in [2.75, 3.05) is 0 Å². The van der Waals surface area contributed by atoms with Gasteiger partial charge in [0.2, 0.25) is 0 Å². The minimum absolute atomic E-state index is 1.13. The minimum Gasteiger partial charge on any atom is -0.309 e. The molecule has 13 rings (SSSR count). The van der Waals surface area contributed by atoms with Gasteiger partial charge in [-0.15, -0.1) is 0 Å². The summed E-state index contributed by atoms with van der Waals surface area (Å²) in [5, 5.41) is 7.06. The van der Waals surface area contributed by atoms with Crippen LogP contribution < -0.4 is 0 Å². The molecule has 0 radical (unpaired) electrons. The third-order valence-corrected chi connectivity index (χ3v) is 13.7. The molecule has 0 amide bonds. The van der Waals surface area contributed by atoms with Crippen molar-refractivity contribution in [3.8, 4) is 50.4 Å². The monoisotopic (exact) mass is 846 g/mol. The van der Waals surface area contributed by atoms with E-state index in [0.717, 1.165) is 49.8 Å². The molecule has 0 aliphatic rings. The molecule has 13 aromatic rings. The molecule has 0 N–H and O–H groups in total. The molecule has 0 fully saturated rings. The predicted molar refractivity (Wildman–Crippen MR) is 273 cm³/mol. The summed E-state index contributed by atoms with van der Waals surface area (Å²) >= 11 is 0. The zero-order valence-corrected chi connectivity index (χ0v) is 36.7. The fraction of sp³-hybridized carbons (Fsp3) is 0.0500. The van der Waals surface area contributed by atoms with E-state index in [1.54, 1.807) is 0 Å². The Hall–Kier alpha value is -8.61. The molecule has 0 spiro atoms. The Balaban J connectivity index is 0.974. The number of fused-ring (bicyclic) bond motifs is 9. The van der Waals surface area contributed by atoms with Crippen molar-refractivity contribution < 1.29 is 0 Å². The lowest BCUT2D eigenvalue weighted by atomic mass is 9.89. The van der Waals surface area contributed by atoms with Crippen LogP contribution in [-0.2, 0) is 0 Å². The zero-order chi connectivity index (χ0) is 44.0. The number of aryl methyl sites for hydroxylation is 3. The molecule has 0 bridgehead atoms. The normalized spacial score (nSPS) is 11.9. The summed E-state index contributed by atoms with van der Waals surface area (Å²) < 4.78 is 7.09. The Labute approximate surface area is 381 Å². The van der Waals surface area contributed by atoms with Crippen molar-refractivity contribution in [2.24, 2.45) is 0 Å². The van der Waals surface area contributed by atoms with E-state index in [9.17, 15) is 0 Å². The van der Waals surface area contributed by atoms with Crippen molar-refractivity contribution in [2.45, 2.75) is 20.8 Å². The van der Waals surface area contributed by atoms with Gasteiger partial charge in [0.1, 0.15) is 0 Å². The fourth-order valence-electron chi connectivity index (χ4n) is 10.7. The van der Waals surface area contributed by atoms with Gasteiger partial charge in [0.25, 0.3) is 0 Å². The number of pyridine rings is 3. The van der Waals surface area contributed by atoms with E-state index in [-0.39, 0.29) is 0 Å². The lowest BCUT2D eigenvalue weighted by molar-refractivity contribution is 1.17. The Morgan fingerprint density at radius 2 is 0.576 bits per heavy atom. The van der Waals surface area contributed by atoms with E-state index < -0.39 is 0 Å². The van der Waals surface area contributed by atoms with Crippen molar-refractivity contribution in [1.82, 2.24) is 28.7 Å². The molecule has 6 heteroatoms. The van der Waals surface area contributed by atoms with Crippen LogP contribution in [0.1, 0.15) is 16.7 Å². The Morgan fingerprint density at radius 3 is 0.879 bits per heavy atom. The van der Waals surface area contributed by atoms with Crippen molar-refractivity contribution in [3.05, 3.63) is 218 Å². The molecule has 0 atom stereocenters. The first kappa shape index (κ1) is 37.9. The number of hydrogen-bond acceptors (Lipinski definition) is 3. The van der Waals surface area contributed by atoms with Crippen molar-refractivity contribution in [1.29, 1.82) is 0 Å². The summed E-state index contributed by atoms with van der Waals surface area (Å²) in [5.41, 5.74) is 21.1. The largest absolute Gasteiger partial charge is 0.309 e. The van der Waals surface area contributed by atoms with Crippen LogP contribution in [0, 0.1) is 20.8 Å². The number of benzene rings is 7. The second kappa shape index (κ2) is 14.7. The Morgan fingerprint density at radius 1 is 0.288 bits per heavy atom. The van der Waals surface area contributed by atoms with Crippen LogP contribution in [0.2, 0.25) is 0 Å². The maximum Gasteiger partial charge on any atom is 0.0571 e. The van der Waals surface area contributed by atoms with Crippen LogP contribution in [-0.4, -0.2) is 28.7 Å². The van der Waals surface area contributed by atoms with Crippen LogP contribution in [0.15, 0.2) is 201 Å². The van der Waals surface area contributed by atoms with Gasteiger partial charge in [-0.25, -0.2) is 0 Å². The highest BCUT2D eigenvalue weighted by atomic mass is 15.0. The molecule has 6 heterocycles. The van der Waals surface area contributed by atoms with Gasteiger partial charge >= 0.3 is 0 Å². The topological polar surface area (TPSA) is 53.5 Å². The summed E-state index contributed by atoms with van der Waals surface area (Å²) in [7, 11) is 0. The van der Waals surface area contributed by atoms with Gasteiger partial charge in [-0.3, -0.25) is 15.0 Å². The molecule has 7 aromatic carbocycles. The van der Waals surface area contributed by atoms with E-state index in [4.69, 9.17) is 0 Å². The van der Waals surface area contributed by atoms with Gasteiger partial charge in [0.05, 0.1) is 33.1 Å². The van der Waals surface area contributed by atoms with Crippen LogP contribution >= 0.6 is 0 Å². The SMILES string of the molecule is Cc1cc(-n2c3ccccc3c3cnccc32)ccc1-c1cc(-c2ccc(-n3c4ccccc4c4cnccc43)cc2C)cc(-c2ccc(-n3c4ccccc4c4cnccc43)cc2C)c1. The average molecular weight is 847 g/mol. The van der Waals surface area contributed by atoms with Gasteiger partial charge in [-0.1, -0.05) is 72.8 Å². The highest BCUT2D eigenvalue weighted by Crippen LogP contribution is 2.41. The highest BCUT2D eigenvalue weighted by Gasteiger charge is 2.19. The minimum atomic E-state index is 1.13. The van der Waals surface area contributed by atoms with E-state index in [1.807, 2.05) is 37.2 Å². The van der Waals surface area contributed by atoms with Gasteiger partial charge in [0, 0.05) is 86.6 Å². The molecule has 6 nitrogen and oxygen atoms in total. The van der Waals surface area contributed by atoms with Crippen LogP contribution in [0.5, 0.6) is 0 Å². The molecule has 312 valence electrons. The second-order valence-corrected chi connectivity index (χ2v) is 17.5. The number of para-hydroxylation sites is 3. The van der Waals surface area contributed by atoms with E-state index >= 15 is 0 Å². The number of nitrogens with zero attached hydrogens (tertiary/aromatic N) is 6. The average Bonchev–Trinajstić information content (AvgIpc) is 4.00. The van der Waals surface area contributed by atoms with E-state index in [2.05, 4.69) is 213 Å². The lowest BCUT2D eigenvalue weighted by Gasteiger charge is -2.18. The molecule has 6 aromatic heterocycles. The first-order chi connectivity index (χ1) is 32.5. The summed E-state index contributed by atoms with van der Waals surface area (Å²) in [6.45, 7) is 6.72. The smallest absolute Gasteiger partial charge is 0.0571 e. The first-order valence-corrected chi connectivity index (χ1v) is 22.5. The lowest BCUT2D eigenvalue weighted by Crippen LogP contribution is -1.98. The molecular formula is C60H42N6. The molecule has 0 aliphatic carbocycles. The summed E-state index contributed by atoms with van der Waals surface area (Å²) in [6, 6.07) is 60.0. The van der Waals surface area contributed by atoms with Crippen molar-refractivity contribution >= 4 is 65.4 Å². The fourth-order valence-corrected chi connectivity index (χ4v) is 10.7. The zero-order valence-electron chi connectivity index (χ0n) is 36.7. The molecule has 0 saturated heterocycles. The number of rotatable bonds is 6. The van der Waals surface area contributed by atoms with Crippen LogP contribution in [0.3, 0.4) is 0 Å². The maximum absolute atomic E-state index is 4.48. The third kappa shape index (κ3) is 5.78. The molecule has 0 saturated carbocycles. The molecular weight excluding hydrogens is 805 g/mol. The van der Waals surface area contributed by atoms with E-state index in [0.29, 0.717) is 0 Å². The van der Waals surface area contributed by atoms with Crippen LogP contribution in [0.25, 0.3) is 116 Å². The molecule has 0 unspecified atom stereocenters. The van der Waals surface area contributed by atoms with Gasteiger partial charge < -0.3 is 13.7 Å². The Kier molecular flexibility index (Phi) is 8.46. The quantitative estimate of drug-likeness (QED) is 0.167. The number of aromatic nitrogens is 6. The predicted octanol–water partition coefficient (Wildman–Crippen LogP) is 15.1. The van der Waals surface area contributed by atoms with Gasteiger partial charge in [0.15, 0.2) is 0 Å². The highest BCUT2D eigenvalue weighted by molar-refractivity contribution is 6.11. The van der Waals surface area contributed by atoms with Crippen molar-refractivity contribution in [3.63, 3.8) is 0 Å². The summed E-state index contributed by atoms with van der Waals surface area (Å²) in [6.07, 6.45) is 11.6. The third-order valence-electron chi connectivity index (χ3n) is 13.7. The molecule has 0 aliphatic heterocycles. The number of hydrogen-bond donors (Lipinski definition) is 0. The summed E-state index contributed by atoms with van der Waals surface area (Å²) in [5.74, 6) is 0. The first-order valence-electron chi connectivity index (χ1n) is 22.5. The Bertz CT molecular complexity index is 3510. The van der Waals surface area contributed by atoms with Crippen LogP contribution in [0.4, 0.5) is 0 Å². The van der Waals surface area contributed by atoms with E-state index in [1.165, 1.54) is 82.8 Å². The maximum atomic E-state index is 4.48. The van der Waals surface area contributed by atoms with Gasteiger partial charge in [-0.05, 0) is 162 Å². The second-order valence-electron chi connectivity index (χ2n) is 17.5. The van der Waals surface area contributed by atoms with Gasteiger partial charge in [-0.2, -0.15) is 0 Å². The summed E-state index contributed by atoms with van der Waals surface area (Å²) in [4.78, 5) is 13.4.